The van der Waals surface area contributed by atoms with Gasteiger partial charge in [-0.25, -0.2) is 0 Å². The van der Waals surface area contributed by atoms with Crippen molar-refractivity contribution in [2.75, 3.05) is 20.8 Å². The van der Waals surface area contributed by atoms with E-state index >= 15 is 0 Å². The van der Waals surface area contributed by atoms with Gasteiger partial charge >= 0.3 is 11.9 Å². The highest BCUT2D eigenvalue weighted by Gasteiger charge is 2.54. The van der Waals surface area contributed by atoms with Crippen LogP contribution in [0.2, 0.25) is 5.04 Å². The number of aliphatic carboxylic acids is 1. The molecule has 0 spiro atoms. The number of aliphatic hydroxyl groups excluding tert-OH is 2. The monoisotopic (exact) mass is 830 g/mol. The lowest BCUT2D eigenvalue weighted by Crippen LogP contribution is -2.67. The molecule has 0 amide bonds. The minimum atomic E-state index is -3.00. The Hall–Kier alpha value is -2.76. The van der Waals surface area contributed by atoms with E-state index in [4.69, 9.17) is 37.6 Å². The Labute approximate surface area is 344 Å². The molecule has 3 heterocycles. The maximum atomic E-state index is 12.9. The quantitative estimate of drug-likeness (QED) is 0.152. The molecule has 0 saturated carbocycles. The first-order valence-corrected chi connectivity index (χ1v) is 22.4. The second-order valence-electron chi connectivity index (χ2n) is 18.1. The summed E-state index contributed by atoms with van der Waals surface area (Å²) in [6, 6.07) is 20.5. The van der Waals surface area contributed by atoms with Crippen LogP contribution in [0.3, 0.4) is 0 Å². The van der Waals surface area contributed by atoms with Crippen LogP contribution in [-0.2, 0) is 47.2 Å². The smallest absolute Gasteiger partial charge is 0.308 e. The number of esters is 1. The Bertz CT molecular complexity index is 1590. The van der Waals surface area contributed by atoms with E-state index in [9.17, 15) is 24.9 Å². The van der Waals surface area contributed by atoms with Gasteiger partial charge in [-0.2, -0.15) is 0 Å². The highest BCUT2D eigenvalue weighted by atomic mass is 28.4. The van der Waals surface area contributed by atoms with E-state index in [1.807, 2.05) is 36.4 Å². The van der Waals surface area contributed by atoms with E-state index in [1.165, 1.54) is 14.2 Å². The third-order valence-corrected chi connectivity index (χ3v) is 16.7. The van der Waals surface area contributed by atoms with Gasteiger partial charge in [-0.05, 0) is 55.9 Å². The fourth-order valence-corrected chi connectivity index (χ4v) is 13.8. The molecular weight excluding hydrogens is 765 g/mol. The maximum Gasteiger partial charge on any atom is 0.308 e. The van der Waals surface area contributed by atoms with Crippen LogP contribution in [0.25, 0.3) is 0 Å². The van der Waals surface area contributed by atoms with E-state index < -0.39 is 80.2 Å². The summed E-state index contributed by atoms with van der Waals surface area (Å²) >= 11 is 0. The SMILES string of the molecule is COC(=O)C[C@@H]1O[C@@](C[C@@H]2C[C@H]([C@H](O)CC[C@@H]3C[C@H](CC(=O)O)OC(C)(C)O3)OC(C)(C)O2)(OC)C[C@H](O)[C@H]1CO[Si](c1ccccc1)(c1ccccc1)C(C)(C)C. The Morgan fingerprint density at radius 3 is 1.95 bits per heavy atom. The number of benzene rings is 2. The van der Waals surface area contributed by atoms with Gasteiger partial charge in [-0.1, -0.05) is 81.4 Å². The van der Waals surface area contributed by atoms with Crippen LogP contribution < -0.4 is 10.4 Å². The summed E-state index contributed by atoms with van der Waals surface area (Å²) in [5.74, 6) is -5.40. The number of carboxylic acids is 1. The van der Waals surface area contributed by atoms with Crippen molar-refractivity contribution >= 4 is 30.6 Å². The molecule has 58 heavy (non-hydrogen) atoms. The van der Waals surface area contributed by atoms with Crippen LogP contribution >= 0.6 is 0 Å². The van der Waals surface area contributed by atoms with Crippen LogP contribution in [0.4, 0.5) is 0 Å². The fraction of sp³-hybridized carbons (Fsp3) is 0.682. The minimum absolute atomic E-state index is 0.0820. The number of aliphatic hydroxyl groups is 2. The molecule has 5 rings (SSSR count). The molecule has 2 aromatic carbocycles. The summed E-state index contributed by atoms with van der Waals surface area (Å²) in [7, 11) is -0.155. The standard InChI is InChI=1S/C44H66O13Si/c1-41(2,3)58(32-16-12-10-13-17-32,33-18-14-11-15-19-33)52-28-34-36(46)27-44(51-9,57-37(34)25-40(49)50-8)26-31-23-38(56-43(6,7)55-31)35(45)21-20-29-22-30(24-39(47)48)54-42(4,5)53-29/h10-19,29-31,34-38,45-46H,20-28H2,1-9H3,(H,47,48)/t29-,30-,31+,34-,35-,36+,37+,38-,44-/m1/s1. The molecule has 0 aromatic heterocycles. The summed E-state index contributed by atoms with van der Waals surface area (Å²) in [4.78, 5) is 24.3. The second-order valence-corrected chi connectivity index (χ2v) is 22.4. The van der Waals surface area contributed by atoms with Crippen molar-refractivity contribution in [1.29, 1.82) is 0 Å². The Balaban J connectivity index is 1.33. The number of hydrogen-bond donors (Lipinski definition) is 3. The number of carbonyl (C=O) groups excluding carboxylic acids is 1. The van der Waals surface area contributed by atoms with Gasteiger partial charge in [0.25, 0.3) is 8.32 Å². The number of carbonyl (C=O) groups is 2. The second kappa shape index (κ2) is 18.9. The first-order chi connectivity index (χ1) is 27.2. The van der Waals surface area contributed by atoms with E-state index in [0.29, 0.717) is 25.7 Å². The molecule has 0 aliphatic carbocycles. The van der Waals surface area contributed by atoms with Crippen LogP contribution in [0.5, 0.6) is 0 Å². The number of ether oxygens (including phenoxy) is 7. The normalized spacial score (nSPS) is 30.6. The zero-order chi connectivity index (χ0) is 42.5. The van der Waals surface area contributed by atoms with E-state index in [-0.39, 0.29) is 43.4 Å². The highest BCUT2D eigenvalue weighted by Crippen LogP contribution is 2.44. The average Bonchev–Trinajstić information content (AvgIpc) is 3.13. The summed E-state index contributed by atoms with van der Waals surface area (Å²) in [6.07, 6.45) is -3.09. The molecule has 2 aromatic rings. The van der Waals surface area contributed by atoms with Gasteiger partial charge < -0.3 is 52.9 Å². The van der Waals surface area contributed by atoms with Crippen molar-refractivity contribution in [1.82, 2.24) is 0 Å². The summed E-state index contributed by atoms with van der Waals surface area (Å²) in [6.45, 7) is 13.8. The van der Waals surface area contributed by atoms with Crippen LogP contribution in [0.1, 0.15) is 99.8 Å². The molecule has 14 heteroatoms. The zero-order valence-electron chi connectivity index (χ0n) is 35.7. The molecule has 0 bridgehead atoms. The third-order valence-electron chi connectivity index (χ3n) is 11.7. The molecular formula is C44H66O13Si. The van der Waals surface area contributed by atoms with Crippen molar-refractivity contribution in [2.24, 2.45) is 5.92 Å². The molecule has 3 aliphatic heterocycles. The van der Waals surface area contributed by atoms with Gasteiger partial charge in [0.1, 0.15) is 0 Å². The predicted molar refractivity (Wildman–Crippen MR) is 218 cm³/mol. The van der Waals surface area contributed by atoms with Crippen molar-refractivity contribution in [3.63, 3.8) is 0 Å². The first-order valence-electron chi connectivity index (χ1n) is 20.5. The van der Waals surface area contributed by atoms with Gasteiger partial charge in [0.2, 0.25) is 0 Å². The molecule has 3 aliphatic rings. The first kappa shape index (κ1) is 46.3. The molecule has 3 saturated heterocycles. The van der Waals surface area contributed by atoms with Crippen LogP contribution in [0, 0.1) is 5.92 Å². The number of methoxy groups -OCH3 is 2. The van der Waals surface area contributed by atoms with Gasteiger partial charge in [0.05, 0.1) is 62.7 Å². The lowest BCUT2D eigenvalue weighted by Gasteiger charge is -2.50. The number of rotatable bonds is 16. The van der Waals surface area contributed by atoms with Crippen molar-refractivity contribution in [3.05, 3.63) is 60.7 Å². The zero-order valence-corrected chi connectivity index (χ0v) is 36.7. The van der Waals surface area contributed by atoms with Crippen molar-refractivity contribution in [2.45, 2.75) is 165 Å². The van der Waals surface area contributed by atoms with Gasteiger partial charge in [-0.15, -0.1) is 0 Å². The van der Waals surface area contributed by atoms with Crippen molar-refractivity contribution < 1.29 is 62.5 Å². The topological polar surface area (TPSA) is 169 Å². The molecule has 9 atom stereocenters. The summed E-state index contributed by atoms with van der Waals surface area (Å²) < 4.78 is 49.8. The Kier molecular flexibility index (Phi) is 15.1. The average molecular weight is 831 g/mol. The van der Waals surface area contributed by atoms with Crippen LogP contribution in [0.15, 0.2) is 60.7 Å². The molecule has 324 valence electrons. The maximum absolute atomic E-state index is 12.9. The lowest BCUT2D eigenvalue weighted by molar-refractivity contribution is -0.349. The van der Waals surface area contributed by atoms with Crippen molar-refractivity contribution in [3.8, 4) is 0 Å². The highest BCUT2D eigenvalue weighted by molar-refractivity contribution is 6.99. The molecule has 0 unspecified atom stereocenters. The predicted octanol–water partition coefficient (Wildman–Crippen LogP) is 5.06. The molecule has 0 radical (unpaired) electrons. The molecule has 3 fully saturated rings. The minimum Gasteiger partial charge on any atom is -0.481 e. The summed E-state index contributed by atoms with van der Waals surface area (Å²) in [5.41, 5.74) is 0. The van der Waals surface area contributed by atoms with Gasteiger partial charge in [0.15, 0.2) is 17.4 Å². The van der Waals surface area contributed by atoms with E-state index in [2.05, 4.69) is 45.0 Å². The largest absolute Gasteiger partial charge is 0.481 e. The van der Waals surface area contributed by atoms with Crippen LogP contribution in [-0.4, -0.2) is 116 Å². The van der Waals surface area contributed by atoms with E-state index in [0.717, 1.165) is 10.4 Å². The third kappa shape index (κ3) is 11.3. The van der Waals surface area contributed by atoms with Gasteiger partial charge in [0, 0.05) is 45.3 Å². The Morgan fingerprint density at radius 1 is 0.828 bits per heavy atom. The fourth-order valence-electron chi connectivity index (χ4n) is 9.23. The lowest BCUT2D eigenvalue weighted by atomic mass is 9.83. The molecule has 3 N–H and O–H groups in total. The van der Waals surface area contributed by atoms with E-state index in [1.54, 1.807) is 27.7 Å². The van der Waals surface area contributed by atoms with Gasteiger partial charge in [-0.3, -0.25) is 9.59 Å². The summed E-state index contributed by atoms with van der Waals surface area (Å²) in [5, 5.41) is 34.8. The number of hydrogen-bond acceptors (Lipinski definition) is 12. The number of carboxylic acid groups (broad SMARTS) is 1. The molecule has 13 nitrogen and oxygen atoms in total. The Morgan fingerprint density at radius 2 is 1.40 bits per heavy atom.